The van der Waals surface area contributed by atoms with Crippen molar-refractivity contribution in [2.24, 2.45) is 13.0 Å². The minimum absolute atomic E-state index is 0.176. The summed E-state index contributed by atoms with van der Waals surface area (Å²) in [4.78, 5) is 37.0. The number of imidazole rings is 1. The van der Waals surface area contributed by atoms with Crippen molar-refractivity contribution in [2.75, 3.05) is 56.3 Å². The lowest BCUT2D eigenvalue weighted by Gasteiger charge is -2.26. The zero-order valence-electron chi connectivity index (χ0n) is 19.6. The molecule has 184 valence electrons. The number of aryl methyl sites for hydroxylation is 1. The van der Waals surface area contributed by atoms with Crippen LogP contribution in [-0.2, 0) is 16.5 Å². The summed E-state index contributed by atoms with van der Waals surface area (Å²) < 4.78 is 18.6. The Kier molecular flexibility index (Phi) is 7.09. The topological polar surface area (TPSA) is 129 Å². The zero-order valence-corrected chi connectivity index (χ0v) is 19.6. The highest BCUT2D eigenvalue weighted by Crippen LogP contribution is 2.22. The monoisotopic (exact) mass is 480 g/mol. The number of anilines is 2. The molecule has 3 aromatic heterocycles. The van der Waals surface area contributed by atoms with Gasteiger partial charge in [0.1, 0.15) is 11.4 Å². The van der Waals surface area contributed by atoms with Crippen LogP contribution in [0.3, 0.4) is 0 Å². The molecule has 5 rings (SSSR count). The van der Waals surface area contributed by atoms with Crippen LogP contribution >= 0.6 is 0 Å². The van der Waals surface area contributed by atoms with Crippen molar-refractivity contribution in [2.45, 2.75) is 12.8 Å². The van der Waals surface area contributed by atoms with Crippen LogP contribution in [0.1, 0.15) is 23.3 Å². The first-order valence-corrected chi connectivity index (χ1v) is 11.7. The highest BCUT2D eigenvalue weighted by molar-refractivity contribution is 6.03. The number of nitrogens with zero attached hydrogens (tertiary/aromatic N) is 7. The molecule has 2 fully saturated rings. The second-order valence-electron chi connectivity index (χ2n) is 8.50. The normalized spacial score (nSPS) is 16.8. The van der Waals surface area contributed by atoms with Gasteiger partial charge in [-0.05, 0) is 18.8 Å². The van der Waals surface area contributed by atoms with Gasteiger partial charge in [0, 0.05) is 39.4 Å². The molecule has 12 nitrogen and oxygen atoms in total. The van der Waals surface area contributed by atoms with Gasteiger partial charge in [0.15, 0.2) is 5.82 Å². The Morgan fingerprint density at radius 2 is 1.83 bits per heavy atom. The summed E-state index contributed by atoms with van der Waals surface area (Å²) >= 11 is 0. The fraction of sp³-hybridized carbons (Fsp3) is 0.478. The molecule has 0 spiro atoms. The first-order chi connectivity index (χ1) is 17.2. The number of hydrogen-bond donors (Lipinski definition) is 1. The predicted molar refractivity (Wildman–Crippen MR) is 126 cm³/mol. The second kappa shape index (κ2) is 10.7. The fourth-order valence-corrected chi connectivity index (χ4v) is 3.93. The second-order valence-corrected chi connectivity index (χ2v) is 8.50. The molecule has 0 atom stereocenters. The van der Waals surface area contributed by atoms with Gasteiger partial charge in [-0.1, -0.05) is 0 Å². The largest absolute Gasteiger partial charge is 0.477 e. The number of hydrogen-bond acceptors (Lipinski definition) is 10. The van der Waals surface area contributed by atoms with Gasteiger partial charge in [-0.15, -0.1) is 0 Å². The third-order valence-corrected chi connectivity index (χ3v) is 5.98. The summed E-state index contributed by atoms with van der Waals surface area (Å²) in [5, 5.41) is 2.82. The molecule has 0 aliphatic carbocycles. The van der Waals surface area contributed by atoms with Crippen molar-refractivity contribution in [1.82, 2.24) is 29.5 Å². The number of carbonyl (C=O) groups excluding carboxylic acids is 1. The number of nitrogens with one attached hydrogen (secondary N) is 1. The standard InChI is InChI=1S/C23H28N8O4/c1-30-15-24-13-19(30)21-28-18(10-20(29-21)35-14-16-2-6-33-7-3-16)22(32)27-17-11-25-23(26-12-17)31-4-8-34-9-5-31/h10-13,15-16H,2-9,14H2,1H3,(H,27,32). The Morgan fingerprint density at radius 3 is 2.54 bits per heavy atom. The predicted octanol–water partition coefficient (Wildman–Crippen LogP) is 1.56. The number of ether oxygens (including phenoxy) is 3. The lowest BCUT2D eigenvalue weighted by molar-refractivity contribution is 0.0490. The van der Waals surface area contributed by atoms with Gasteiger partial charge < -0.3 is 29.0 Å². The first kappa shape index (κ1) is 23.1. The molecule has 2 saturated heterocycles. The molecule has 0 unspecified atom stereocenters. The molecule has 0 bridgehead atoms. The SMILES string of the molecule is Cn1cncc1-c1nc(OCC2CCOCC2)cc(C(=O)Nc2cnc(N3CCOCC3)nc2)n1. The number of morpholine rings is 1. The minimum atomic E-state index is -0.408. The van der Waals surface area contributed by atoms with Crippen molar-refractivity contribution < 1.29 is 19.0 Å². The summed E-state index contributed by atoms with van der Waals surface area (Å²) in [6.45, 7) is 4.74. The Balaban J connectivity index is 1.33. The maximum atomic E-state index is 13.1. The molecule has 35 heavy (non-hydrogen) atoms. The number of rotatable bonds is 7. The maximum absolute atomic E-state index is 13.1. The average molecular weight is 481 g/mol. The lowest BCUT2D eigenvalue weighted by Crippen LogP contribution is -2.37. The quantitative estimate of drug-likeness (QED) is 0.532. The van der Waals surface area contributed by atoms with E-state index in [9.17, 15) is 4.79 Å². The summed E-state index contributed by atoms with van der Waals surface area (Å²) in [6, 6.07) is 1.55. The highest BCUT2D eigenvalue weighted by atomic mass is 16.5. The summed E-state index contributed by atoms with van der Waals surface area (Å²) in [5.74, 6) is 1.29. The molecular formula is C23H28N8O4. The maximum Gasteiger partial charge on any atom is 0.274 e. The van der Waals surface area contributed by atoms with Crippen molar-refractivity contribution in [1.29, 1.82) is 0 Å². The molecule has 1 amide bonds. The van der Waals surface area contributed by atoms with E-state index in [4.69, 9.17) is 14.2 Å². The van der Waals surface area contributed by atoms with Gasteiger partial charge in [0.2, 0.25) is 11.8 Å². The average Bonchev–Trinajstić information content (AvgIpc) is 3.34. The number of amides is 1. The lowest BCUT2D eigenvalue weighted by atomic mass is 10.0. The first-order valence-electron chi connectivity index (χ1n) is 11.7. The third-order valence-electron chi connectivity index (χ3n) is 5.98. The molecule has 3 aromatic rings. The molecule has 2 aliphatic rings. The molecule has 0 aromatic carbocycles. The zero-order chi connectivity index (χ0) is 24.0. The summed E-state index contributed by atoms with van der Waals surface area (Å²) in [5.41, 5.74) is 1.32. The van der Waals surface area contributed by atoms with Gasteiger partial charge in [0.05, 0.1) is 50.4 Å². The van der Waals surface area contributed by atoms with Crippen molar-refractivity contribution in [3.63, 3.8) is 0 Å². The van der Waals surface area contributed by atoms with E-state index in [1.54, 1.807) is 35.6 Å². The molecule has 5 heterocycles. The van der Waals surface area contributed by atoms with Gasteiger partial charge in [-0.25, -0.2) is 19.9 Å². The molecule has 0 saturated carbocycles. The van der Waals surface area contributed by atoms with Crippen LogP contribution in [0, 0.1) is 5.92 Å². The molecule has 1 N–H and O–H groups in total. The number of aromatic nitrogens is 6. The molecule has 2 aliphatic heterocycles. The van der Waals surface area contributed by atoms with Crippen molar-refractivity contribution >= 4 is 17.5 Å². The smallest absolute Gasteiger partial charge is 0.274 e. The van der Waals surface area contributed by atoms with Crippen LogP contribution in [0.15, 0.2) is 31.0 Å². The Morgan fingerprint density at radius 1 is 1.09 bits per heavy atom. The van der Waals surface area contributed by atoms with Gasteiger partial charge in [0.25, 0.3) is 5.91 Å². The van der Waals surface area contributed by atoms with E-state index in [1.807, 2.05) is 11.9 Å². The number of carbonyl (C=O) groups is 1. The Bertz CT molecular complexity index is 1140. The highest BCUT2D eigenvalue weighted by Gasteiger charge is 2.19. The van der Waals surface area contributed by atoms with Gasteiger partial charge in [-0.2, -0.15) is 4.98 Å². The third kappa shape index (κ3) is 5.72. The Labute approximate surface area is 202 Å². The van der Waals surface area contributed by atoms with Crippen LogP contribution in [0.4, 0.5) is 11.6 Å². The van der Waals surface area contributed by atoms with Crippen LogP contribution < -0.4 is 15.0 Å². The van der Waals surface area contributed by atoms with Crippen LogP contribution in [0.25, 0.3) is 11.5 Å². The van der Waals surface area contributed by atoms with E-state index in [-0.39, 0.29) is 5.69 Å². The van der Waals surface area contributed by atoms with Crippen molar-refractivity contribution in [3.05, 3.63) is 36.7 Å². The van der Waals surface area contributed by atoms with E-state index in [1.165, 1.54) is 0 Å². The van der Waals surface area contributed by atoms with Crippen LogP contribution in [0.2, 0.25) is 0 Å². The van der Waals surface area contributed by atoms with Crippen LogP contribution in [0.5, 0.6) is 5.88 Å². The summed E-state index contributed by atoms with van der Waals surface area (Å²) in [6.07, 6.45) is 8.35. The van der Waals surface area contributed by atoms with E-state index < -0.39 is 5.91 Å². The molecule has 12 heteroatoms. The van der Waals surface area contributed by atoms with Crippen molar-refractivity contribution in [3.8, 4) is 17.4 Å². The van der Waals surface area contributed by atoms with Gasteiger partial charge >= 0.3 is 0 Å². The van der Waals surface area contributed by atoms with Crippen LogP contribution in [-0.4, -0.2) is 81.5 Å². The molecule has 0 radical (unpaired) electrons. The fourth-order valence-electron chi connectivity index (χ4n) is 3.93. The van der Waals surface area contributed by atoms with E-state index >= 15 is 0 Å². The Hall–Kier alpha value is -3.64. The molecular weight excluding hydrogens is 452 g/mol. The van der Waals surface area contributed by atoms with E-state index in [0.717, 1.165) is 39.1 Å². The van der Waals surface area contributed by atoms with Gasteiger partial charge in [-0.3, -0.25) is 4.79 Å². The minimum Gasteiger partial charge on any atom is -0.477 e. The summed E-state index contributed by atoms with van der Waals surface area (Å²) in [7, 11) is 1.84. The van der Waals surface area contributed by atoms with E-state index in [2.05, 4.69) is 30.2 Å². The van der Waals surface area contributed by atoms with E-state index in [0.29, 0.717) is 54.8 Å².